The van der Waals surface area contributed by atoms with Crippen LogP contribution < -0.4 is 5.32 Å². The number of rotatable bonds is 7. The summed E-state index contributed by atoms with van der Waals surface area (Å²) in [5.74, 6) is -1.31. The van der Waals surface area contributed by atoms with Crippen LogP contribution in [0.3, 0.4) is 0 Å². The number of hydrogen-bond donors (Lipinski definition) is 2. The first-order valence-corrected chi connectivity index (χ1v) is 10.0. The van der Waals surface area contributed by atoms with Crippen molar-refractivity contribution < 1.29 is 23.1 Å². The molecule has 0 aliphatic rings. The van der Waals surface area contributed by atoms with Crippen LogP contribution in [0.4, 0.5) is 0 Å². The molecule has 0 fully saturated rings. The summed E-state index contributed by atoms with van der Waals surface area (Å²) < 4.78 is 23.4. The Morgan fingerprint density at radius 2 is 1.73 bits per heavy atom. The molecule has 0 heterocycles. The van der Waals surface area contributed by atoms with Gasteiger partial charge in [0.2, 0.25) is 0 Å². The van der Waals surface area contributed by atoms with Crippen LogP contribution in [-0.4, -0.2) is 38.2 Å². The Hall–Kier alpha value is -2.67. The van der Waals surface area contributed by atoms with Crippen LogP contribution in [0.5, 0.6) is 0 Å². The number of carbonyl (C=O) groups excluding carboxylic acids is 1. The van der Waals surface area contributed by atoms with E-state index in [9.17, 15) is 18.0 Å². The highest BCUT2D eigenvalue weighted by Crippen LogP contribution is 2.17. The van der Waals surface area contributed by atoms with Crippen molar-refractivity contribution >= 4 is 21.7 Å². The van der Waals surface area contributed by atoms with Crippen LogP contribution in [-0.2, 0) is 22.7 Å². The number of carboxylic acid groups (broad SMARTS) is 1. The molecule has 0 saturated carbocycles. The second kappa shape index (κ2) is 8.14. The maximum Gasteiger partial charge on any atom is 0.335 e. The first-order valence-electron chi connectivity index (χ1n) is 8.15. The maximum atomic E-state index is 12.5. The Labute approximate surface area is 152 Å². The number of amides is 1. The van der Waals surface area contributed by atoms with Gasteiger partial charge in [0.15, 0.2) is 9.84 Å². The lowest BCUT2D eigenvalue weighted by Gasteiger charge is -2.11. The summed E-state index contributed by atoms with van der Waals surface area (Å²) in [7, 11) is -3.39. The molecule has 1 amide bonds. The van der Waals surface area contributed by atoms with Gasteiger partial charge in [-0.25, -0.2) is 13.2 Å². The Kier molecular flexibility index (Phi) is 6.15. The fourth-order valence-corrected chi connectivity index (χ4v) is 3.18. The summed E-state index contributed by atoms with van der Waals surface area (Å²) in [6.07, 6.45) is 2.26. The molecular formula is C19H21NO5S. The van der Waals surface area contributed by atoms with Crippen molar-refractivity contribution in [3.05, 3.63) is 64.7 Å². The minimum absolute atomic E-state index is 0.115. The fourth-order valence-electron chi connectivity index (χ4n) is 2.54. The highest BCUT2D eigenvalue weighted by molar-refractivity contribution is 7.90. The van der Waals surface area contributed by atoms with Crippen molar-refractivity contribution in [2.75, 3.05) is 12.8 Å². The lowest BCUT2D eigenvalue weighted by atomic mass is 10.0. The van der Waals surface area contributed by atoms with Gasteiger partial charge >= 0.3 is 5.97 Å². The molecule has 0 radical (unpaired) electrons. The Balaban J connectivity index is 2.06. The zero-order valence-corrected chi connectivity index (χ0v) is 15.5. The van der Waals surface area contributed by atoms with E-state index in [-0.39, 0.29) is 16.4 Å². The van der Waals surface area contributed by atoms with Gasteiger partial charge in [-0.1, -0.05) is 25.1 Å². The van der Waals surface area contributed by atoms with E-state index in [1.165, 1.54) is 24.3 Å². The van der Waals surface area contributed by atoms with Crippen LogP contribution >= 0.6 is 0 Å². The highest BCUT2D eigenvalue weighted by atomic mass is 32.2. The molecule has 2 N–H and O–H groups in total. The van der Waals surface area contributed by atoms with Gasteiger partial charge in [0, 0.05) is 18.4 Å². The predicted molar refractivity (Wildman–Crippen MR) is 98.4 cm³/mol. The summed E-state index contributed by atoms with van der Waals surface area (Å²) in [4.78, 5) is 23.4. The molecule has 138 valence electrons. The smallest absolute Gasteiger partial charge is 0.335 e. The average Bonchev–Trinajstić information content (AvgIpc) is 2.60. The zero-order valence-electron chi connectivity index (χ0n) is 14.7. The van der Waals surface area contributed by atoms with Gasteiger partial charge in [0.05, 0.1) is 10.5 Å². The minimum atomic E-state index is -3.39. The van der Waals surface area contributed by atoms with Gasteiger partial charge in [-0.05, 0) is 48.2 Å². The molecule has 2 aromatic rings. The Morgan fingerprint density at radius 3 is 2.27 bits per heavy atom. The van der Waals surface area contributed by atoms with E-state index in [0.29, 0.717) is 24.9 Å². The van der Waals surface area contributed by atoms with E-state index in [1.807, 2.05) is 6.92 Å². The molecule has 0 bridgehead atoms. The van der Waals surface area contributed by atoms with E-state index in [0.717, 1.165) is 17.4 Å². The molecular weight excluding hydrogens is 354 g/mol. The van der Waals surface area contributed by atoms with Crippen LogP contribution in [0.1, 0.15) is 38.8 Å². The van der Waals surface area contributed by atoms with E-state index in [1.54, 1.807) is 18.2 Å². The molecule has 26 heavy (non-hydrogen) atoms. The van der Waals surface area contributed by atoms with Crippen molar-refractivity contribution in [1.29, 1.82) is 0 Å². The van der Waals surface area contributed by atoms with E-state index < -0.39 is 15.8 Å². The molecule has 0 saturated heterocycles. The number of sulfone groups is 1. The number of aromatic carboxylic acids is 1. The first kappa shape index (κ1) is 19.7. The number of carbonyl (C=O) groups is 2. The van der Waals surface area contributed by atoms with Crippen molar-refractivity contribution in [1.82, 2.24) is 5.32 Å². The van der Waals surface area contributed by atoms with Gasteiger partial charge in [-0.2, -0.15) is 0 Å². The summed E-state index contributed by atoms with van der Waals surface area (Å²) in [6, 6.07) is 11.0. The Bertz CT molecular complexity index is 917. The van der Waals surface area contributed by atoms with Gasteiger partial charge in [0.25, 0.3) is 5.91 Å². The van der Waals surface area contributed by atoms with E-state index in [2.05, 4.69) is 5.32 Å². The maximum absolute atomic E-state index is 12.5. The quantitative estimate of drug-likeness (QED) is 0.773. The van der Waals surface area contributed by atoms with Crippen molar-refractivity contribution in [3.63, 3.8) is 0 Å². The van der Waals surface area contributed by atoms with E-state index in [4.69, 9.17) is 5.11 Å². The minimum Gasteiger partial charge on any atom is -0.478 e. The van der Waals surface area contributed by atoms with Crippen LogP contribution in [0.15, 0.2) is 47.4 Å². The lowest BCUT2D eigenvalue weighted by Crippen LogP contribution is -2.27. The molecule has 0 atom stereocenters. The second-order valence-electron chi connectivity index (χ2n) is 5.95. The van der Waals surface area contributed by atoms with Gasteiger partial charge in [-0.3, -0.25) is 4.79 Å². The molecule has 0 spiro atoms. The van der Waals surface area contributed by atoms with Gasteiger partial charge in [0.1, 0.15) is 0 Å². The SMILES string of the molecule is CCc1ccc(S(C)(=O)=O)cc1C(=O)NCCc1ccc(C(=O)O)cc1. The van der Waals surface area contributed by atoms with Crippen LogP contribution in [0, 0.1) is 0 Å². The molecule has 6 nitrogen and oxygen atoms in total. The zero-order chi connectivity index (χ0) is 19.3. The largest absolute Gasteiger partial charge is 0.478 e. The number of benzene rings is 2. The summed E-state index contributed by atoms with van der Waals surface area (Å²) in [5, 5.41) is 11.7. The van der Waals surface area contributed by atoms with Crippen molar-refractivity contribution in [2.45, 2.75) is 24.7 Å². The standard InChI is InChI=1S/C19H21NO5S/c1-3-14-8-9-16(26(2,24)25)12-17(14)18(21)20-11-10-13-4-6-15(7-5-13)19(22)23/h4-9,12H,3,10-11H2,1-2H3,(H,20,21)(H,22,23). The summed E-state index contributed by atoms with van der Waals surface area (Å²) in [5.41, 5.74) is 2.25. The molecule has 0 aliphatic carbocycles. The molecule has 2 aromatic carbocycles. The number of nitrogens with one attached hydrogen (secondary N) is 1. The molecule has 7 heteroatoms. The summed E-state index contributed by atoms with van der Waals surface area (Å²) >= 11 is 0. The molecule has 0 aliphatic heterocycles. The monoisotopic (exact) mass is 375 g/mol. The average molecular weight is 375 g/mol. The third kappa shape index (κ3) is 4.92. The van der Waals surface area contributed by atoms with Crippen LogP contribution in [0.25, 0.3) is 0 Å². The highest BCUT2D eigenvalue weighted by Gasteiger charge is 2.15. The van der Waals surface area contributed by atoms with Crippen molar-refractivity contribution in [2.24, 2.45) is 0 Å². The van der Waals surface area contributed by atoms with Gasteiger partial charge < -0.3 is 10.4 Å². The van der Waals surface area contributed by atoms with Crippen LogP contribution in [0.2, 0.25) is 0 Å². The molecule has 0 unspecified atom stereocenters. The second-order valence-corrected chi connectivity index (χ2v) is 7.97. The first-order chi connectivity index (χ1) is 12.2. The third-order valence-corrected chi connectivity index (χ3v) is 5.15. The number of aryl methyl sites for hydroxylation is 1. The molecule has 0 aromatic heterocycles. The topological polar surface area (TPSA) is 101 Å². The molecule has 2 rings (SSSR count). The van der Waals surface area contributed by atoms with E-state index >= 15 is 0 Å². The number of carboxylic acids is 1. The van der Waals surface area contributed by atoms with Gasteiger partial charge in [-0.15, -0.1) is 0 Å². The third-order valence-electron chi connectivity index (χ3n) is 4.04. The lowest BCUT2D eigenvalue weighted by molar-refractivity contribution is 0.0696. The number of hydrogen-bond acceptors (Lipinski definition) is 4. The fraction of sp³-hybridized carbons (Fsp3) is 0.263. The summed E-state index contributed by atoms with van der Waals surface area (Å²) in [6.45, 7) is 2.26. The van der Waals surface area contributed by atoms with Crippen molar-refractivity contribution in [3.8, 4) is 0 Å². The Morgan fingerprint density at radius 1 is 1.08 bits per heavy atom. The normalized spacial score (nSPS) is 11.2. The predicted octanol–water partition coefficient (Wildman–Crippen LogP) is 2.32.